The summed E-state index contributed by atoms with van der Waals surface area (Å²) in [7, 11) is 0. The Morgan fingerprint density at radius 2 is 2.21 bits per heavy atom. The third-order valence-corrected chi connectivity index (χ3v) is 3.64. The molecule has 0 bridgehead atoms. The molecule has 0 saturated carbocycles. The molecule has 0 aromatic heterocycles. The SMILES string of the molecule is O=C1CC(CO)C2(CCOCC2)CN1. The van der Waals surface area contributed by atoms with Gasteiger partial charge in [-0.2, -0.15) is 0 Å². The first-order chi connectivity index (χ1) is 6.77. The molecule has 80 valence electrons. The van der Waals surface area contributed by atoms with E-state index in [0.717, 1.165) is 26.1 Å². The largest absolute Gasteiger partial charge is 0.396 e. The van der Waals surface area contributed by atoms with Crippen LogP contribution in [0.2, 0.25) is 0 Å². The zero-order valence-electron chi connectivity index (χ0n) is 8.29. The van der Waals surface area contributed by atoms with E-state index >= 15 is 0 Å². The number of rotatable bonds is 1. The van der Waals surface area contributed by atoms with Gasteiger partial charge in [0, 0.05) is 32.8 Å². The smallest absolute Gasteiger partial charge is 0.220 e. The van der Waals surface area contributed by atoms with Crippen LogP contribution in [0, 0.1) is 11.3 Å². The molecular weight excluding hydrogens is 182 g/mol. The zero-order valence-corrected chi connectivity index (χ0v) is 8.29. The van der Waals surface area contributed by atoms with E-state index in [2.05, 4.69) is 5.32 Å². The summed E-state index contributed by atoms with van der Waals surface area (Å²) in [5.74, 6) is 0.196. The Morgan fingerprint density at radius 1 is 1.50 bits per heavy atom. The van der Waals surface area contributed by atoms with Crippen molar-refractivity contribution in [2.75, 3.05) is 26.4 Å². The summed E-state index contributed by atoms with van der Waals surface area (Å²) in [5.41, 5.74) is 0.0981. The van der Waals surface area contributed by atoms with Crippen molar-refractivity contribution in [2.24, 2.45) is 11.3 Å². The predicted octanol–water partition coefficient (Wildman–Crippen LogP) is -0.0884. The van der Waals surface area contributed by atoms with Crippen LogP contribution in [0.25, 0.3) is 0 Å². The number of hydrogen-bond acceptors (Lipinski definition) is 3. The maximum absolute atomic E-state index is 11.2. The minimum Gasteiger partial charge on any atom is -0.396 e. The summed E-state index contributed by atoms with van der Waals surface area (Å²) in [4.78, 5) is 11.2. The third-order valence-electron chi connectivity index (χ3n) is 3.64. The molecule has 1 unspecified atom stereocenters. The fourth-order valence-electron chi connectivity index (χ4n) is 2.55. The first kappa shape index (κ1) is 9.93. The minimum atomic E-state index is 0.0705. The number of carbonyl (C=O) groups excluding carboxylic acids is 1. The first-order valence-corrected chi connectivity index (χ1v) is 5.22. The van der Waals surface area contributed by atoms with Crippen molar-refractivity contribution in [3.63, 3.8) is 0 Å². The van der Waals surface area contributed by atoms with Crippen LogP contribution in [0.5, 0.6) is 0 Å². The molecule has 2 rings (SSSR count). The van der Waals surface area contributed by atoms with Gasteiger partial charge in [-0.05, 0) is 24.2 Å². The second-order valence-electron chi connectivity index (χ2n) is 4.34. The van der Waals surface area contributed by atoms with Gasteiger partial charge in [0.05, 0.1) is 0 Å². The lowest BCUT2D eigenvalue weighted by Gasteiger charge is -2.45. The summed E-state index contributed by atoms with van der Waals surface area (Å²) >= 11 is 0. The topological polar surface area (TPSA) is 58.6 Å². The zero-order chi connectivity index (χ0) is 10.0. The lowest BCUT2D eigenvalue weighted by Crippen LogP contribution is -2.52. The molecule has 14 heavy (non-hydrogen) atoms. The molecule has 2 fully saturated rings. The Balaban J connectivity index is 2.10. The molecular formula is C10H17NO3. The molecule has 1 atom stereocenters. The molecule has 2 N–H and O–H groups in total. The maximum atomic E-state index is 11.2. The van der Waals surface area contributed by atoms with Crippen LogP contribution in [-0.2, 0) is 9.53 Å². The molecule has 1 amide bonds. The standard InChI is InChI=1S/C10H17NO3/c12-6-8-5-9(13)11-7-10(8)1-3-14-4-2-10/h8,12H,1-7H2,(H,11,13). The van der Waals surface area contributed by atoms with E-state index in [1.54, 1.807) is 0 Å². The molecule has 1 spiro atoms. The summed E-state index contributed by atoms with van der Waals surface area (Å²) < 4.78 is 5.32. The van der Waals surface area contributed by atoms with Gasteiger partial charge in [0.15, 0.2) is 0 Å². The number of amides is 1. The Kier molecular flexibility index (Phi) is 2.74. The van der Waals surface area contributed by atoms with Crippen molar-refractivity contribution in [3.05, 3.63) is 0 Å². The highest BCUT2D eigenvalue weighted by Crippen LogP contribution is 2.41. The van der Waals surface area contributed by atoms with Crippen molar-refractivity contribution < 1.29 is 14.6 Å². The van der Waals surface area contributed by atoms with E-state index < -0.39 is 0 Å². The van der Waals surface area contributed by atoms with Crippen LogP contribution >= 0.6 is 0 Å². The van der Waals surface area contributed by atoms with Crippen molar-refractivity contribution in [3.8, 4) is 0 Å². The van der Waals surface area contributed by atoms with Crippen molar-refractivity contribution in [1.82, 2.24) is 5.32 Å². The number of piperidine rings is 1. The van der Waals surface area contributed by atoms with E-state index in [1.165, 1.54) is 0 Å². The van der Waals surface area contributed by atoms with Gasteiger partial charge in [-0.3, -0.25) is 4.79 Å². The van der Waals surface area contributed by atoms with Crippen LogP contribution < -0.4 is 5.32 Å². The van der Waals surface area contributed by atoms with Gasteiger partial charge in [0.25, 0.3) is 0 Å². The van der Waals surface area contributed by atoms with Crippen LogP contribution in [0.1, 0.15) is 19.3 Å². The van der Waals surface area contributed by atoms with Gasteiger partial charge in [-0.25, -0.2) is 0 Å². The van der Waals surface area contributed by atoms with Crippen LogP contribution in [0.15, 0.2) is 0 Å². The molecule has 2 saturated heterocycles. The summed E-state index contributed by atoms with van der Waals surface area (Å²) in [6.07, 6.45) is 2.38. The second-order valence-corrected chi connectivity index (χ2v) is 4.34. The van der Waals surface area contributed by atoms with E-state index in [4.69, 9.17) is 4.74 Å². The van der Waals surface area contributed by atoms with E-state index in [-0.39, 0.29) is 23.8 Å². The van der Waals surface area contributed by atoms with Gasteiger partial charge in [-0.1, -0.05) is 0 Å². The summed E-state index contributed by atoms with van der Waals surface area (Å²) in [6, 6.07) is 0. The van der Waals surface area contributed by atoms with E-state index in [9.17, 15) is 9.90 Å². The number of carbonyl (C=O) groups is 1. The van der Waals surface area contributed by atoms with Crippen molar-refractivity contribution in [1.29, 1.82) is 0 Å². The average Bonchev–Trinajstić information content (AvgIpc) is 2.23. The predicted molar refractivity (Wildman–Crippen MR) is 50.7 cm³/mol. The van der Waals surface area contributed by atoms with Crippen molar-refractivity contribution >= 4 is 5.91 Å². The molecule has 4 heteroatoms. The van der Waals surface area contributed by atoms with Crippen LogP contribution in [-0.4, -0.2) is 37.4 Å². The minimum absolute atomic E-state index is 0.0705. The average molecular weight is 199 g/mol. The molecule has 2 aliphatic heterocycles. The number of nitrogens with one attached hydrogen (secondary N) is 1. The van der Waals surface area contributed by atoms with E-state index in [1.807, 2.05) is 0 Å². The fraction of sp³-hybridized carbons (Fsp3) is 0.900. The highest BCUT2D eigenvalue weighted by atomic mass is 16.5. The lowest BCUT2D eigenvalue weighted by atomic mass is 9.67. The normalized spacial score (nSPS) is 31.5. The monoisotopic (exact) mass is 199 g/mol. The maximum Gasteiger partial charge on any atom is 0.220 e. The fourth-order valence-corrected chi connectivity index (χ4v) is 2.55. The highest BCUT2D eigenvalue weighted by Gasteiger charge is 2.43. The van der Waals surface area contributed by atoms with Crippen LogP contribution in [0.3, 0.4) is 0 Å². The van der Waals surface area contributed by atoms with Crippen LogP contribution in [0.4, 0.5) is 0 Å². The molecule has 2 heterocycles. The lowest BCUT2D eigenvalue weighted by molar-refractivity contribution is -0.132. The summed E-state index contributed by atoms with van der Waals surface area (Å²) in [5, 5.41) is 12.2. The molecule has 0 aliphatic carbocycles. The number of hydrogen-bond donors (Lipinski definition) is 2. The number of ether oxygens (including phenoxy) is 1. The molecule has 0 radical (unpaired) electrons. The van der Waals surface area contributed by atoms with Crippen molar-refractivity contribution in [2.45, 2.75) is 19.3 Å². The Labute approximate surface area is 83.6 Å². The Morgan fingerprint density at radius 3 is 2.86 bits per heavy atom. The van der Waals surface area contributed by atoms with E-state index in [0.29, 0.717) is 13.0 Å². The van der Waals surface area contributed by atoms with Gasteiger partial charge in [0.2, 0.25) is 5.91 Å². The second kappa shape index (κ2) is 3.87. The quantitative estimate of drug-likeness (QED) is 0.620. The molecule has 0 aromatic rings. The Hall–Kier alpha value is -0.610. The molecule has 0 aromatic carbocycles. The molecule has 4 nitrogen and oxygen atoms in total. The number of aliphatic hydroxyl groups is 1. The number of aliphatic hydroxyl groups excluding tert-OH is 1. The summed E-state index contributed by atoms with van der Waals surface area (Å²) in [6.45, 7) is 2.34. The molecule has 2 aliphatic rings. The van der Waals surface area contributed by atoms with Gasteiger partial charge in [-0.15, -0.1) is 0 Å². The van der Waals surface area contributed by atoms with Gasteiger partial charge >= 0.3 is 0 Å². The Bertz CT molecular complexity index is 223. The third kappa shape index (κ3) is 1.64. The highest BCUT2D eigenvalue weighted by molar-refractivity contribution is 5.77. The first-order valence-electron chi connectivity index (χ1n) is 5.22. The van der Waals surface area contributed by atoms with Gasteiger partial charge in [0.1, 0.15) is 0 Å². The van der Waals surface area contributed by atoms with Gasteiger partial charge < -0.3 is 15.2 Å².